The molecule has 110 valence electrons. The van der Waals surface area contributed by atoms with Crippen molar-refractivity contribution in [2.45, 2.75) is 38.7 Å². The van der Waals surface area contributed by atoms with Gasteiger partial charge in [-0.3, -0.25) is 4.79 Å². The average molecular weight is 277 g/mol. The Morgan fingerprint density at radius 2 is 2.20 bits per heavy atom. The first kappa shape index (κ1) is 14.8. The lowest BCUT2D eigenvalue weighted by atomic mass is 10.2. The molecule has 0 spiro atoms. The Morgan fingerprint density at radius 3 is 2.85 bits per heavy atom. The predicted octanol–water partition coefficient (Wildman–Crippen LogP) is 2.20. The smallest absolute Gasteiger partial charge is 0.252 e. The normalized spacial score (nSPS) is 15.2. The summed E-state index contributed by atoms with van der Waals surface area (Å²) < 4.78 is 5.70. The van der Waals surface area contributed by atoms with Gasteiger partial charge in [-0.25, -0.2) is 4.98 Å². The molecule has 1 aromatic rings. The fourth-order valence-corrected chi connectivity index (χ4v) is 2.36. The maximum absolute atomic E-state index is 11.9. The third kappa shape index (κ3) is 4.49. The molecule has 1 fully saturated rings. The van der Waals surface area contributed by atoms with Gasteiger partial charge in [0.05, 0.1) is 18.3 Å². The van der Waals surface area contributed by atoms with E-state index in [0.717, 1.165) is 25.2 Å². The number of aromatic nitrogens is 1. The lowest BCUT2D eigenvalue weighted by Gasteiger charge is -2.11. The SMILES string of the molecule is CCNc1ccc(C(=O)NCCOC2CCCC2)cn1. The van der Waals surface area contributed by atoms with Gasteiger partial charge in [0.1, 0.15) is 5.82 Å². The van der Waals surface area contributed by atoms with Gasteiger partial charge in [-0.2, -0.15) is 0 Å². The Balaban J connectivity index is 1.68. The number of pyridine rings is 1. The third-order valence-corrected chi connectivity index (χ3v) is 3.43. The summed E-state index contributed by atoms with van der Waals surface area (Å²) in [4.78, 5) is 16.1. The van der Waals surface area contributed by atoms with Gasteiger partial charge in [-0.1, -0.05) is 12.8 Å². The van der Waals surface area contributed by atoms with Crippen molar-refractivity contribution < 1.29 is 9.53 Å². The van der Waals surface area contributed by atoms with Gasteiger partial charge in [0.2, 0.25) is 0 Å². The molecule has 5 nitrogen and oxygen atoms in total. The van der Waals surface area contributed by atoms with Crippen LogP contribution in [0.1, 0.15) is 43.0 Å². The molecule has 0 bridgehead atoms. The topological polar surface area (TPSA) is 63.2 Å². The van der Waals surface area contributed by atoms with Crippen molar-refractivity contribution in [3.8, 4) is 0 Å². The lowest BCUT2D eigenvalue weighted by molar-refractivity contribution is 0.0582. The largest absolute Gasteiger partial charge is 0.376 e. The number of nitrogens with one attached hydrogen (secondary N) is 2. The van der Waals surface area contributed by atoms with Gasteiger partial charge in [0.25, 0.3) is 5.91 Å². The van der Waals surface area contributed by atoms with Crippen LogP contribution in [0.25, 0.3) is 0 Å². The van der Waals surface area contributed by atoms with E-state index < -0.39 is 0 Å². The molecule has 2 N–H and O–H groups in total. The van der Waals surface area contributed by atoms with Gasteiger partial charge in [-0.15, -0.1) is 0 Å². The van der Waals surface area contributed by atoms with Gasteiger partial charge in [0, 0.05) is 19.3 Å². The second-order valence-electron chi connectivity index (χ2n) is 5.00. The standard InChI is InChI=1S/C15H23N3O2/c1-2-16-14-8-7-12(11-18-14)15(19)17-9-10-20-13-5-3-4-6-13/h7-8,11,13H,2-6,9-10H2,1H3,(H,16,18)(H,17,19). The molecule has 0 unspecified atom stereocenters. The summed E-state index contributed by atoms with van der Waals surface area (Å²) in [5.41, 5.74) is 0.576. The summed E-state index contributed by atoms with van der Waals surface area (Å²) in [5, 5.41) is 5.94. The van der Waals surface area contributed by atoms with Crippen molar-refractivity contribution in [3.63, 3.8) is 0 Å². The van der Waals surface area contributed by atoms with Crippen LogP contribution in [0.5, 0.6) is 0 Å². The van der Waals surface area contributed by atoms with Crippen LogP contribution in [-0.4, -0.2) is 36.7 Å². The van der Waals surface area contributed by atoms with Crippen LogP contribution in [0.3, 0.4) is 0 Å². The van der Waals surface area contributed by atoms with Crippen molar-refractivity contribution in [2.24, 2.45) is 0 Å². The maximum Gasteiger partial charge on any atom is 0.252 e. The summed E-state index contributed by atoms with van der Waals surface area (Å²) in [7, 11) is 0. The Labute approximate surface area is 120 Å². The Morgan fingerprint density at radius 1 is 1.40 bits per heavy atom. The number of ether oxygens (including phenoxy) is 1. The van der Waals surface area contributed by atoms with Crippen LogP contribution in [0, 0.1) is 0 Å². The van der Waals surface area contributed by atoms with E-state index in [4.69, 9.17) is 4.74 Å². The molecule has 1 aliphatic carbocycles. The van der Waals surface area contributed by atoms with E-state index in [0.29, 0.717) is 24.8 Å². The first-order valence-electron chi connectivity index (χ1n) is 7.39. The molecule has 1 aliphatic rings. The van der Waals surface area contributed by atoms with Gasteiger partial charge >= 0.3 is 0 Å². The molecule has 0 aromatic carbocycles. The minimum Gasteiger partial charge on any atom is -0.376 e. The zero-order chi connectivity index (χ0) is 14.2. The second kappa shape index (κ2) is 7.85. The molecule has 1 heterocycles. The first-order chi connectivity index (χ1) is 9.79. The van der Waals surface area contributed by atoms with E-state index in [1.165, 1.54) is 12.8 Å². The molecule has 1 amide bonds. The highest BCUT2D eigenvalue weighted by Crippen LogP contribution is 2.20. The van der Waals surface area contributed by atoms with Crippen LogP contribution >= 0.6 is 0 Å². The van der Waals surface area contributed by atoms with Gasteiger partial charge in [-0.05, 0) is 31.9 Å². The van der Waals surface area contributed by atoms with Gasteiger partial charge in [0.15, 0.2) is 0 Å². The highest BCUT2D eigenvalue weighted by atomic mass is 16.5. The summed E-state index contributed by atoms with van der Waals surface area (Å²) in [6.07, 6.45) is 6.83. The zero-order valence-corrected chi connectivity index (χ0v) is 12.0. The minimum absolute atomic E-state index is 0.101. The highest BCUT2D eigenvalue weighted by Gasteiger charge is 2.14. The van der Waals surface area contributed by atoms with Crippen LogP contribution < -0.4 is 10.6 Å². The first-order valence-corrected chi connectivity index (χ1v) is 7.39. The number of rotatable bonds is 7. The molecular weight excluding hydrogens is 254 g/mol. The number of anilines is 1. The minimum atomic E-state index is -0.101. The molecular formula is C15H23N3O2. The number of carbonyl (C=O) groups is 1. The number of nitrogens with zero attached hydrogens (tertiary/aromatic N) is 1. The third-order valence-electron chi connectivity index (χ3n) is 3.43. The monoisotopic (exact) mass is 277 g/mol. The van der Waals surface area contributed by atoms with Gasteiger partial charge < -0.3 is 15.4 Å². The van der Waals surface area contributed by atoms with Crippen molar-refractivity contribution in [1.29, 1.82) is 0 Å². The maximum atomic E-state index is 11.9. The number of hydrogen-bond acceptors (Lipinski definition) is 4. The Kier molecular flexibility index (Phi) is 5.80. The fraction of sp³-hybridized carbons (Fsp3) is 0.600. The molecule has 1 aromatic heterocycles. The summed E-state index contributed by atoms with van der Waals surface area (Å²) in [6.45, 7) is 3.95. The zero-order valence-electron chi connectivity index (χ0n) is 12.0. The van der Waals surface area contributed by atoms with Crippen molar-refractivity contribution in [3.05, 3.63) is 23.9 Å². The van der Waals surface area contributed by atoms with E-state index in [-0.39, 0.29) is 5.91 Å². The molecule has 20 heavy (non-hydrogen) atoms. The summed E-state index contributed by atoms with van der Waals surface area (Å²) in [6, 6.07) is 3.59. The van der Waals surface area contributed by atoms with Crippen LogP contribution in [0.4, 0.5) is 5.82 Å². The Hall–Kier alpha value is -1.62. The number of amides is 1. The molecule has 5 heteroatoms. The highest BCUT2D eigenvalue weighted by molar-refractivity contribution is 5.94. The summed E-state index contributed by atoms with van der Waals surface area (Å²) in [5.74, 6) is 0.684. The lowest BCUT2D eigenvalue weighted by Crippen LogP contribution is -2.28. The van der Waals surface area contributed by atoms with Crippen molar-refractivity contribution in [1.82, 2.24) is 10.3 Å². The van der Waals surface area contributed by atoms with Crippen LogP contribution in [0.15, 0.2) is 18.3 Å². The van der Waals surface area contributed by atoms with E-state index >= 15 is 0 Å². The van der Waals surface area contributed by atoms with Crippen molar-refractivity contribution >= 4 is 11.7 Å². The molecule has 0 saturated heterocycles. The molecule has 2 rings (SSSR count). The predicted molar refractivity (Wildman–Crippen MR) is 78.9 cm³/mol. The van der Waals surface area contributed by atoms with E-state index in [9.17, 15) is 4.79 Å². The number of carbonyl (C=O) groups excluding carboxylic acids is 1. The van der Waals surface area contributed by atoms with Crippen LogP contribution in [0.2, 0.25) is 0 Å². The quantitative estimate of drug-likeness (QED) is 0.750. The van der Waals surface area contributed by atoms with E-state index in [1.54, 1.807) is 12.3 Å². The van der Waals surface area contributed by atoms with E-state index in [2.05, 4.69) is 15.6 Å². The van der Waals surface area contributed by atoms with Crippen molar-refractivity contribution in [2.75, 3.05) is 25.0 Å². The average Bonchev–Trinajstić information content (AvgIpc) is 2.98. The van der Waals surface area contributed by atoms with E-state index in [1.807, 2.05) is 13.0 Å². The second-order valence-corrected chi connectivity index (χ2v) is 5.00. The molecule has 0 radical (unpaired) electrons. The fourth-order valence-electron chi connectivity index (χ4n) is 2.36. The molecule has 0 atom stereocenters. The molecule has 0 aliphatic heterocycles. The summed E-state index contributed by atoms with van der Waals surface area (Å²) >= 11 is 0. The van der Waals surface area contributed by atoms with Crippen LogP contribution in [-0.2, 0) is 4.74 Å². The molecule has 1 saturated carbocycles. The Bertz CT molecular complexity index is 414. The number of hydrogen-bond donors (Lipinski definition) is 2.